The maximum atomic E-state index is 12.1. The van der Waals surface area contributed by atoms with Gasteiger partial charge in [-0.3, -0.25) is 14.7 Å². The van der Waals surface area contributed by atoms with E-state index in [2.05, 4.69) is 16.0 Å². The molecule has 0 aliphatic carbocycles. The Hall–Kier alpha value is -2.40. The van der Waals surface area contributed by atoms with Crippen molar-refractivity contribution in [2.75, 3.05) is 26.7 Å². The number of amides is 1. The van der Waals surface area contributed by atoms with Gasteiger partial charge >= 0.3 is 0 Å². The lowest BCUT2D eigenvalue weighted by molar-refractivity contribution is -0.134. The zero-order valence-corrected chi connectivity index (χ0v) is 14.2. The van der Waals surface area contributed by atoms with Gasteiger partial charge in [0.25, 0.3) is 0 Å². The summed E-state index contributed by atoms with van der Waals surface area (Å²) in [6.45, 7) is 4.89. The van der Waals surface area contributed by atoms with Crippen LogP contribution in [0.4, 0.5) is 0 Å². The SMILES string of the molecule is COc1ccccc1[C@@H]1CN(Cc2ccncc2)CCN1C(C)=O. The third-order valence-electron chi connectivity index (χ3n) is 4.52. The summed E-state index contributed by atoms with van der Waals surface area (Å²) >= 11 is 0. The molecule has 1 aromatic carbocycles. The molecule has 2 aromatic rings. The second-order valence-corrected chi connectivity index (χ2v) is 6.06. The van der Waals surface area contributed by atoms with Crippen molar-refractivity contribution in [1.82, 2.24) is 14.8 Å². The van der Waals surface area contributed by atoms with Crippen LogP contribution in [0.3, 0.4) is 0 Å². The summed E-state index contributed by atoms with van der Waals surface area (Å²) in [4.78, 5) is 20.5. The molecule has 126 valence electrons. The smallest absolute Gasteiger partial charge is 0.220 e. The Kier molecular flexibility index (Phi) is 5.11. The highest BCUT2D eigenvalue weighted by Gasteiger charge is 2.31. The van der Waals surface area contributed by atoms with Crippen molar-refractivity contribution in [2.45, 2.75) is 19.5 Å². The van der Waals surface area contributed by atoms with E-state index in [0.717, 1.165) is 37.5 Å². The minimum Gasteiger partial charge on any atom is -0.496 e. The topological polar surface area (TPSA) is 45.7 Å². The van der Waals surface area contributed by atoms with Crippen molar-refractivity contribution >= 4 is 5.91 Å². The van der Waals surface area contributed by atoms with E-state index in [4.69, 9.17) is 4.74 Å². The number of carbonyl (C=O) groups excluding carboxylic acids is 1. The largest absolute Gasteiger partial charge is 0.496 e. The lowest BCUT2D eigenvalue weighted by Crippen LogP contribution is -2.49. The third-order valence-corrected chi connectivity index (χ3v) is 4.52. The van der Waals surface area contributed by atoms with Gasteiger partial charge in [0, 0.05) is 51.1 Å². The number of rotatable bonds is 4. The molecule has 1 amide bonds. The maximum absolute atomic E-state index is 12.1. The Balaban J connectivity index is 1.83. The van der Waals surface area contributed by atoms with Crippen LogP contribution in [0.15, 0.2) is 48.8 Å². The molecule has 5 heteroatoms. The van der Waals surface area contributed by atoms with Crippen LogP contribution in [0.25, 0.3) is 0 Å². The summed E-state index contributed by atoms with van der Waals surface area (Å²) in [7, 11) is 1.68. The van der Waals surface area contributed by atoms with Crippen LogP contribution >= 0.6 is 0 Å². The molecule has 1 aromatic heterocycles. The van der Waals surface area contributed by atoms with Crippen LogP contribution in [0, 0.1) is 0 Å². The van der Waals surface area contributed by atoms with Crippen LogP contribution in [-0.4, -0.2) is 47.4 Å². The molecule has 24 heavy (non-hydrogen) atoms. The van der Waals surface area contributed by atoms with Crippen molar-refractivity contribution in [2.24, 2.45) is 0 Å². The Morgan fingerprint density at radius 3 is 2.67 bits per heavy atom. The van der Waals surface area contributed by atoms with Gasteiger partial charge in [0.05, 0.1) is 13.2 Å². The molecular weight excluding hydrogens is 302 g/mol. The average molecular weight is 325 g/mol. The van der Waals surface area contributed by atoms with Crippen molar-refractivity contribution in [3.63, 3.8) is 0 Å². The van der Waals surface area contributed by atoms with E-state index < -0.39 is 0 Å². The molecule has 0 bridgehead atoms. The molecule has 0 radical (unpaired) electrons. The number of hydrogen-bond acceptors (Lipinski definition) is 4. The Labute approximate surface area is 142 Å². The Morgan fingerprint density at radius 1 is 1.21 bits per heavy atom. The number of pyridine rings is 1. The van der Waals surface area contributed by atoms with Gasteiger partial charge in [-0.1, -0.05) is 18.2 Å². The first kappa shape index (κ1) is 16.5. The lowest BCUT2D eigenvalue weighted by Gasteiger charge is -2.41. The summed E-state index contributed by atoms with van der Waals surface area (Å²) in [5.41, 5.74) is 2.30. The summed E-state index contributed by atoms with van der Waals surface area (Å²) in [6, 6.07) is 12.0. The zero-order valence-electron chi connectivity index (χ0n) is 14.2. The third kappa shape index (κ3) is 3.57. The van der Waals surface area contributed by atoms with E-state index >= 15 is 0 Å². The van der Waals surface area contributed by atoms with E-state index in [1.807, 2.05) is 47.6 Å². The first-order chi connectivity index (χ1) is 11.7. The minimum absolute atomic E-state index is 0.00855. The summed E-state index contributed by atoms with van der Waals surface area (Å²) in [5.74, 6) is 0.939. The van der Waals surface area contributed by atoms with Gasteiger partial charge in [0.2, 0.25) is 5.91 Å². The molecule has 0 saturated carbocycles. The molecule has 0 N–H and O–H groups in total. The van der Waals surface area contributed by atoms with E-state index in [1.165, 1.54) is 5.56 Å². The molecule has 1 atom stereocenters. The Bertz CT molecular complexity index is 690. The fourth-order valence-corrected chi connectivity index (χ4v) is 3.31. The van der Waals surface area contributed by atoms with Gasteiger partial charge in [-0.15, -0.1) is 0 Å². The normalized spacial score (nSPS) is 18.4. The number of hydrogen-bond donors (Lipinski definition) is 0. The predicted molar refractivity (Wildman–Crippen MR) is 92.6 cm³/mol. The van der Waals surface area contributed by atoms with Gasteiger partial charge in [0.1, 0.15) is 5.75 Å². The number of carbonyl (C=O) groups is 1. The van der Waals surface area contributed by atoms with Gasteiger partial charge < -0.3 is 9.64 Å². The molecule has 1 fully saturated rings. The molecule has 2 heterocycles. The molecule has 1 saturated heterocycles. The van der Waals surface area contributed by atoms with Crippen LogP contribution in [0.2, 0.25) is 0 Å². The van der Waals surface area contributed by atoms with Crippen LogP contribution in [0.1, 0.15) is 24.1 Å². The highest BCUT2D eigenvalue weighted by molar-refractivity contribution is 5.74. The van der Waals surface area contributed by atoms with Crippen molar-refractivity contribution in [1.29, 1.82) is 0 Å². The van der Waals surface area contributed by atoms with E-state index in [0.29, 0.717) is 0 Å². The van der Waals surface area contributed by atoms with Crippen molar-refractivity contribution < 1.29 is 9.53 Å². The van der Waals surface area contributed by atoms with Crippen LogP contribution < -0.4 is 4.74 Å². The quantitative estimate of drug-likeness (QED) is 0.866. The molecule has 5 nitrogen and oxygen atoms in total. The fourth-order valence-electron chi connectivity index (χ4n) is 3.31. The summed E-state index contributed by atoms with van der Waals surface area (Å²) in [6.07, 6.45) is 3.64. The average Bonchev–Trinajstić information content (AvgIpc) is 2.62. The minimum atomic E-state index is 0.00855. The number of aromatic nitrogens is 1. The first-order valence-electron chi connectivity index (χ1n) is 8.20. The first-order valence-corrected chi connectivity index (χ1v) is 8.20. The van der Waals surface area contributed by atoms with Gasteiger partial charge in [-0.2, -0.15) is 0 Å². The van der Waals surface area contributed by atoms with Crippen LogP contribution in [0.5, 0.6) is 5.75 Å². The van der Waals surface area contributed by atoms with Gasteiger partial charge in [-0.05, 0) is 23.8 Å². The van der Waals surface area contributed by atoms with Crippen LogP contribution in [-0.2, 0) is 11.3 Å². The predicted octanol–water partition coefficient (Wildman–Crippen LogP) is 2.50. The summed E-state index contributed by atoms with van der Waals surface area (Å²) in [5, 5.41) is 0. The van der Waals surface area contributed by atoms with Gasteiger partial charge in [-0.25, -0.2) is 0 Å². The Morgan fingerprint density at radius 2 is 1.96 bits per heavy atom. The van der Waals surface area contributed by atoms with E-state index in [-0.39, 0.29) is 11.9 Å². The second kappa shape index (κ2) is 7.45. The number of methoxy groups -OCH3 is 1. The number of nitrogens with zero attached hydrogens (tertiary/aromatic N) is 3. The molecule has 1 aliphatic heterocycles. The fraction of sp³-hybridized carbons (Fsp3) is 0.368. The van der Waals surface area contributed by atoms with E-state index in [1.54, 1.807) is 14.0 Å². The molecule has 1 aliphatic rings. The monoisotopic (exact) mass is 325 g/mol. The molecular formula is C19H23N3O2. The molecule has 0 spiro atoms. The highest BCUT2D eigenvalue weighted by atomic mass is 16.5. The highest BCUT2D eigenvalue weighted by Crippen LogP contribution is 2.32. The van der Waals surface area contributed by atoms with Crippen molar-refractivity contribution in [3.05, 3.63) is 59.9 Å². The zero-order chi connectivity index (χ0) is 16.9. The number of benzene rings is 1. The molecule has 3 rings (SSSR count). The lowest BCUT2D eigenvalue weighted by atomic mass is 10.0. The molecule has 0 unspecified atom stereocenters. The summed E-state index contributed by atoms with van der Waals surface area (Å²) < 4.78 is 5.52. The van der Waals surface area contributed by atoms with Crippen molar-refractivity contribution in [3.8, 4) is 5.75 Å². The second-order valence-electron chi connectivity index (χ2n) is 6.06. The standard InChI is InChI=1S/C19H23N3O2/c1-15(23)22-12-11-21(13-16-7-9-20-10-8-16)14-18(22)17-5-3-4-6-19(17)24-2/h3-10,18H,11-14H2,1-2H3/t18-/m0/s1. The van der Waals surface area contributed by atoms with Gasteiger partial charge in [0.15, 0.2) is 0 Å². The number of piperazine rings is 1. The number of para-hydroxylation sites is 1. The number of ether oxygens (including phenoxy) is 1. The van der Waals surface area contributed by atoms with E-state index in [9.17, 15) is 4.79 Å². The maximum Gasteiger partial charge on any atom is 0.220 e.